The summed E-state index contributed by atoms with van der Waals surface area (Å²) in [5, 5.41) is 13.7. The molecule has 2 fully saturated rings. The molecule has 1 aliphatic carbocycles. The van der Waals surface area contributed by atoms with Gasteiger partial charge < -0.3 is 10.6 Å². The Morgan fingerprint density at radius 2 is 1.85 bits per heavy atom. The van der Waals surface area contributed by atoms with Gasteiger partial charge in [0.05, 0.1) is 11.3 Å². The Morgan fingerprint density at radius 1 is 1.23 bits per heavy atom. The van der Waals surface area contributed by atoms with Crippen molar-refractivity contribution in [3.8, 4) is 0 Å². The molecule has 1 saturated heterocycles. The van der Waals surface area contributed by atoms with E-state index in [4.69, 9.17) is 5.41 Å². The van der Waals surface area contributed by atoms with E-state index in [0.717, 1.165) is 12.8 Å². The number of rotatable bonds is 3. The molecule has 3 N–H and O–H groups in total. The number of anilines is 1. The lowest BCUT2D eigenvalue weighted by molar-refractivity contribution is -0.120. The van der Waals surface area contributed by atoms with Crippen molar-refractivity contribution in [2.75, 3.05) is 11.1 Å². The highest BCUT2D eigenvalue weighted by atomic mass is 32.2. The van der Waals surface area contributed by atoms with Gasteiger partial charge in [-0.05, 0) is 51.8 Å². The second-order valence-electron chi connectivity index (χ2n) is 8.31. The standard InChI is InChI=1S/C18H24FN3O3S/c1-16(2)14(20)22-18(4,10-26(16,24)25)12-9-11(5-6-13(12)19)21-15(23)17(3)7-8-17/h5-6,9H,7-8,10H2,1-4H3,(H2,20,22)(H,21,23)/t18-/m0/s1. The van der Waals surface area contributed by atoms with E-state index in [1.54, 1.807) is 6.92 Å². The molecular formula is C18H24FN3O3S. The second-order valence-corrected chi connectivity index (χ2v) is 10.8. The van der Waals surface area contributed by atoms with Crippen molar-refractivity contribution in [2.24, 2.45) is 5.41 Å². The van der Waals surface area contributed by atoms with Crippen LogP contribution in [0.4, 0.5) is 10.1 Å². The van der Waals surface area contributed by atoms with Gasteiger partial charge in [0.15, 0.2) is 9.84 Å². The quantitative estimate of drug-likeness (QED) is 0.749. The third kappa shape index (κ3) is 2.90. The molecule has 0 unspecified atom stereocenters. The summed E-state index contributed by atoms with van der Waals surface area (Å²) >= 11 is 0. The third-order valence-electron chi connectivity index (χ3n) is 5.63. The molecular weight excluding hydrogens is 357 g/mol. The molecule has 1 saturated carbocycles. The highest BCUT2D eigenvalue weighted by molar-refractivity contribution is 7.93. The van der Waals surface area contributed by atoms with Crippen molar-refractivity contribution < 1.29 is 17.6 Å². The van der Waals surface area contributed by atoms with Crippen molar-refractivity contribution in [1.82, 2.24) is 5.32 Å². The topological polar surface area (TPSA) is 99.1 Å². The fourth-order valence-corrected chi connectivity index (χ4v) is 4.76. The number of carbonyl (C=O) groups excluding carboxylic acids is 1. The number of nitrogens with one attached hydrogen (secondary N) is 3. The van der Waals surface area contributed by atoms with Crippen LogP contribution in [0.1, 0.15) is 46.1 Å². The first-order chi connectivity index (χ1) is 11.8. The molecule has 0 radical (unpaired) electrons. The number of amidine groups is 1. The fraction of sp³-hybridized carbons (Fsp3) is 0.556. The van der Waals surface area contributed by atoms with E-state index in [1.807, 2.05) is 6.92 Å². The number of amides is 1. The summed E-state index contributed by atoms with van der Waals surface area (Å²) in [5.41, 5.74) is -1.15. The maximum absolute atomic E-state index is 14.5. The minimum atomic E-state index is -3.67. The number of hydrogen-bond acceptors (Lipinski definition) is 4. The summed E-state index contributed by atoms with van der Waals surface area (Å²) in [4.78, 5) is 12.2. The third-order valence-corrected chi connectivity index (χ3v) is 8.34. The average molecular weight is 381 g/mol. The van der Waals surface area contributed by atoms with Crippen molar-refractivity contribution in [3.05, 3.63) is 29.6 Å². The van der Waals surface area contributed by atoms with Crippen LogP contribution < -0.4 is 10.6 Å². The summed E-state index contributed by atoms with van der Waals surface area (Å²) < 4.78 is 38.5. The Bertz CT molecular complexity index is 906. The van der Waals surface area contributed by atoms with Crippen LogP contribution in [0, 0.1) is 16.6 Å². The molecule has 26 heavy (non-hydrogen) atoms. The lowest BCUT2D eigenvalue weighted by atomic mass is 9.91. The summed E-state index contributed by atoms with van der Waals surface area (Å²) in [7, 11) is -3.67. The molecule has 1 heterocycles. The average Bonchev–Trinajstić information content (AvgIpc) is 3.26. The second kappa shape index (κ2) is 5.52. The maximum atomic E-state index is 14.5. The van der Waals surface area contributed by atoms with Gasteiger partial charge in [0, 0.05) is 16.7 Å². The smallest absolute Gasteiger partial charge is 0.230 e. The highest BCUT2D eigenvalue weighted by Gasteiger charge is 2.51. The molecule has 0 spiro atoms. The Hall–Kier alpha value is -1.96. The van der Waals surface area contributed by atoms with Crippen molar-refractivity contribution >= 4 is 27.3 Å². The Balaban J connectivity index is 1.97. The van der Waals surface area contributed by atoms with E-state index in [0.29, 0.717) is 5.69 Å². The first-order valence-electron chi connectivity index (χ1n) is 8.52. The van der Waals surface area contributed by atoms with Crippen LogP contribution in [0.25, 0.3) is 0 Å². The van der Waals surface area contributed by atoms with E-state index >= 15 is 0 Å². The Morgan fingerprint density at radius 3 is 2.38 bits per heavy atom. The predicted octanol–water partition coefficient (Wildman–Crippen LogP) is 2.55. The van der Waals surface area contributed by atoms with Crippen LogP contribution in [-0.2, 0) is 20.2 Å². The summed E-state index contributed by atoms with van der Waals surface area (Å²) in [5.74, 6) is -1.23. The summed E-state index contributed by atoms with van der Waals surface area (Å²) in [6.45, 7) is 6.34. The number of halogens is 1. The predicted molar refractivity (Wildman–Crippen MR) is 98.5 cm³/mol. The van der Waals surface area contributed by atoms with Gasteiger partial charge in [-0.1, -0.05) is 6.92 Å². The van der Waals surface area contributed by atoms with E-state index in [-0.39, 0.29) is 28.5 Å². The molecule has 3 rings (SSSR count). The van der Waals surface area contributed by atoms with Crippen molar-refractivity contribution in [2.45, 2.75) is 50.8 Å². The zero-order chi connectivity index (χ0) is 19.5. The fourth-order valence-electron chi connectivity index (χ4n) is 3.05. The van der Waals surface area contributed by atoms with Crippen molar-refractivity contribution in [3.63, 3.8) is 0 Å². The Labute approximate surface area is 153 Å². The molecule has 0 bridgehead atoms. The first-order valence-corrected chi connectivity index (χ1v) is 10.2. The van der Waals surface area contributed by atoms with Gasteiger partial charge in [0.25, 0.3) is 0 Å². The molecule has 1 aliphatic heterocycles. The molecule has 1 atom stereocenters. The van der Waals surface area contributed by atoms with Crippen LogP contribution in [0.15, 0.2) is 18.2 Å². The van der Waals surface area contributed by atoms with E-state index in [1.165, 1.54) is 32.0 Å². The summed E-state index contributed by atoms with van der Waals surface area (Å²) in [6.07, 6.45) is 1.63. The van der Waals surface area contributed by atoms with Gasteiger partial charge in [0.1, 0.15) is 16.4 Å². The summed E-state index contributed by atoms with van der Waals surface area (Å²) in [6, 6.07) is 4.12. The van der Waals surface area contributed by atoms with Crippen LogP contribution >= 0.6 is 0 Å². The maximum Gasteiger partial charge on any atom is 0.230 e. The van der Waals surface area contributed by atoms with E-state index < -0.39 is 25.9 Å². The van der Waals surface area contributed by atoms with Crippen LogP contribution in [0.2, 0.25) is 0 Å². The van der Waals surface area contributed by atoms with Gasteiger partial charge in [0.2, 0.25) is 5.91 Å². The highest BCUT2D eigenvalue weighted by Crippen LogP contribution is 2.46. The SMILES string of the molecule is CC1(C(=O)Nc2ccc(F)c([C@]3(C)CS(=O)(=O)C(C)(C)C(=N)N3)c2)CC1. The van der Waals surface area contributed by atoms with Gasteiger partial charge in [-0.25, -0.2) is 12.8 Å². The molecule has 2 aliphatic rings. The van der Waals surface area contributed by atoms with Gasteiger partial charge in [-0.15, -0.1) is 0 Å². The van der Waals surface area contributed by atoms with E-state index in [2.05, 4.69) is 10.6 Å². The molecule has 142 valence electrons. The Kier molecular flexibility index (Phi) is 3.99. The van der Waals surface area contributed by atoms with Crippen LogP contribution in [0.3, 0.4) is 0 Å². The normalized spacial score (nSPS) is 28.1. The number of hydrogen-bond donors (Lipinski definition) is 3. The lowest BCUT2D eigenvalue weighted by Crippen LogP contribution is -2.64. The van der Waals surface area contributed by atoms with Crippen LogP contribution in [0.5, 0.6) is 0 Å². The van der Waals surface area contributed by atoms with Gasteiger partial charge >= 0.3 is 0 Å². The lowest BCUT2D eigenvalue weighted by Gasteiger charge is -2.43. The molecule has 6 nitrogen and oxygen atoms in total. The molecule has 0 aromatic heterocycles. The molecule has 8 heteroatoms. The minimum Gasteiger partial charge on any atom is -0.362 e. The van der Waals surface area contributed by atoms with Crippen LogP contribution in [-0.4, -0.2) is 30.7 Å². The zero-order valence-electron chi connectivity index (χ0n) is 15.4. The van der Waals surface area contributed by atoms with Gasteiger partial charge in [-0.3, -0.25) is 10.2 Å². The van der Waals surface area contributed by atoms with Crippen molar-refractivity contribution in [1.29, 1.82) is 5.41 Å². The number of carbonyl (C=O) groups is 1. The molecule has 1 amide bonds. The monoisotopic (exact) mass is 381 g/mol. The van der Waals surface area contributed by atoms with E-state index in [9.17, 15) is 17.6 Å². The van der Waals surface area contributed by atoms with Gasteiger partial charge in [-0.2, -0.15) is 0 Å². The largest absolute Gasteiger partial charge is 0.362 e. The first kappa shape index (κ1) is 18.8. The molecule has 1 aromatic carbocycles. The molecule has 1 aromatic rings. The number of sulfone groups is 1. The number of benzene rings is 1. The zero-order valence-corrected chi connectivity index (χ0v) is 16.2. The minimum absolute atomic E-state index is 0.111.